The van der Waals surface area contributed by atoms with Gasteiger partial charge in [-0.1, -0.05) is 0 Å². The second-order valence-electron chi connectivity index (χ2n) is 3.09. The molecular formula is C10H11N3O. The van der Waals surface area contributed by atoms with Crippen LogP contribution in [-0.2, 0) is 0 Å². The Bertz CT molecular complexity index is 383. The van der Waals surface area contributed by atoms with Crippen LogP contribution < -0.4 is 9.64 Å². The van der Waals surface area contributed by atoms with Crippen molar-refractivity contribution >= 4 is 5.82 Å². The Morgan fingerprint density at radius 3 is 3.29 bits per heavy atom. The maximum absolute atomic E-state index is 8.70. The lowest BCUT2D eigenvalue weighted by molar-refractivity contribution is 0.306. The maximum Gasteiger partial charge on any atom is 0.171 e. The molecule has 0 fully saturated rings. The number of aromatic nitrogens is 1. The Balaban J connectivity index is 2.42. The lowest BCUT2D eigenvalue weighted by Gasteiger charge is -2.28. The first-order chi connectivity index (χ1) is 6.85. The molecule has 14 heavy (non-hydrogen) atoms. The van der Waals surface area contributed by atoms with Crippen molar-refractivity contribution in [3.63, 3.8) is 0 Å². The van der Waals surface area contributed by atoms with Crippen LogP contribution in [0.3, 0.4) is 0 Å². The highest BCUT2D eigenvalue weighted by molar-refractivity contribution is 5.56. The predicted molar refractivity (Wildman–Crippen MR) is 52.3 cm³/mol. The van der Waals surface area contributed by atoms with Crippen molar-refractivity contribution in [3.05, 3.63) is 17.8 Å². The molecule has 0 N–H and O–H groups in total. The Morgan fingerprint density at radius 2 is 2.57 bits per heavy atom. The first-order valence-corrected chi connectivity index (χ1v) is 4.63. The number of hydrogen-bond donors (Lipinski definition) is 0. The van der Waals surface area contributed by atoms with Gasteiger partial charge < -0.3 is 9.64 Å². The van der Waals surface area contributed by atoms with Crippen LogP contribution in [0.4, 0.5) is 5.82 Å². The van der Waals surface area contributed by atoms with E-state index < -0.39 is 0 Å². The molecule has 1 aromatic rings. The molecule has 0 spiro atoms. The van der Waals surface area contributed by atoms with E-state index in [0.717, 1.165) is 24.7 Å². The van der Waals surface area contributed by atoms with E-state index in [1.165, 1.54) is 0 Å². The topological polar surface area (TPSA) is 49.1 Å². The standard InChI is InChI=1S/C10H11N3O/c1-2-13-3-4-14-9-5-8(6-11)7-12-10(9)13/h5,7H,2-4H2,1H3. The molecule has 0 amide bonds. The molecular weight excluding hydrogens is 178 g/mol. The molecule has 1 aliphatic heterocycles. The number of nitrogens with zero attached hydrogens (tertiary/aromatic N) is 3. The summed E-state index contributed by atoms with van der Waals surface area (Å²) in [5.41, 5.74) is 0.543. The van der Waals surface area contributed by atoms with Gasteiger partial charge in [0, 0.05) is 18.8 Å². The number of anilines is 1. The highest BCUT2D eigenvalue weighted by Gasteiger charge is 2.18. The number of pyridine rings is 1. The fourth-order valence-corrected chi connectivity index (χ4v) is 1.52. The maximum atomic E-state index is 8.70. The summed E-state index contributed by atoms with van der Waals surface area (Å²) in [4.78, 5) is 6.36. The number of hydrogen-bond acceptors (Lipinski definition) is 4. The van der Waals surface area contributed by atoms with Crippen molar-refractivity contribution in [2.45, 2.75) is 6.92 Å². The quantitative estimate of drug-likeness (QED) is 0.665. The van der Waals surface area contributed by atoms with E-state index in [-0.39, 0.29) is 0 Å². The first-order valence-electron chi connectivity index (χ1n) is 4.63. The second kappa shape index (κ2) is 3.54. The van der Waals surface area contributed by atoms with Gasteiger partial charge in [0.25, 0.3) is 0 Å². The number of ether oxygens (including phenoxy) is 1. The van der Waals surface area contributed by atoms with E-state index in [1.54, 1.807) is 12.3 Å². The summed E-state index contributed by atoms with van der Waals surface area (Å²) in [7, 11) is 0. The fraction of sp³-hybridized carbons (Fsp3) is 0.400. The van der Waals surface area contributed by atoms with Crippen molar-refractivity contribution in [2.75, 3.05) is 24.6 Å². The molecule has 1 aliphatic rings. The Labute approximate surface area is 82.7 Å². The lowest BCUT2D eigenvalue weighted by atomic mass is 10.2. The van der Waals surface area contributed by atoms with Crippen LogP contribution >= 0.6 is 0 Å². The molecule has 0 aromatic carbocycles. The van der Waals surface area contributed by atoms with Crippen LogP contribution in [0.15, 0.2) is 12.3 Å². The summed E-state index contributed by atoms with van der Waals surface area (Å²) in [5, 5.41) is 8.70. The average Bonchev–Trinajstić information content (AvgIpc) is 2.27. The number of likely N-dealkylation sites (N-methyl/N-ethyl adjacent to an activating group) is 1. The summed E-state index contributed by atoms with van der Waals surface area (Å²) >= 11 is 0. The molecule has 72 valence electrons. The van der Waals surface area contributed by atoms with Gasteiger partial charge in [-0.2, -0.15) is 5.26 Å². The molecule has 4 heteroatoms. The molecule has 2 heterocycles. The normalized spacial score (nSPS) is 14.1. The molecule has 1 aromatic heterocycles. The second-order valence-corrected chi connectivity index (χ2v) is 3.09. The molecule has 0 atom stereocenters. The molecule has 2 rings (SSSR count). The van der Waals surface area contributed by atoms with Crippen LogP contribution in [-0.4, -0.2) is 24.7 Å². The Morgan fingerprint density at radius 1 is 1.71 bits per heavy atom. The molecule has 0 bridgehead atoms. The zero-order valence-electron chi connectivity index (χ0n) is 8.03. The largest absolute Gasteiger partial charge is 0.488 e. The average molecular weight is 189 g/mol. The Hall–Kier alpha value is -1.76. The van der Waals surface area contributed by atoms with Crippen molar-refractivity contribution in [3.8, 4) is 11.8 Å². The van der Waals surface area contributed by atoms with Crippen molar-refractivity contribution in [2.24, 2.45) is 0 Å². The number of nitriles is 1. The summed E-state index contributed by atoms with van der Waals surface area (Å²) < 4.78 is 5.44. The van der Waals surface area contributed by atoms with Gasteiger partial charge in [-0.3, -0.25) is 0 Å². The van der Waals surface area contributed by atoms with E-state index >= 15 is 0 Å². The highest BCUT2D eigenvalue weighted by Crippen LogP contribution is 2.29. The predicted octanol–water partition coefficient (Wildman–Crippen LogP) is 1.17. The van der Waals surface area contributed by atoms with Gasteiger partial charge in [-0.25, -0.2) is 4.98 Å². The lowest BCUT2D eigenvalue weighted by Crippen LogP contribution is -2.33. The first kappa shape index (κ1) is 8.82. The minimum Gasteiger partial charge on any atom is -0.488 e. The van der Waals surface area contributed by atoms with E-state index in [1.807, 2.05) is 6.07 Å². The van der Waals surface area contributed by atoms with Gasteiger partial charge >= 0.3 is 0 Å². The SMILES string of the molecule is CCN1CCOc2cc(C#N)cnc21. The van der Waals surface area contributed by atoms with E-state index in [2.05, 4.69) is 16.8 Å². The van der Waals surface area contributed by atoms with Gasteiger partial charge in [0.05, 0.1) is 12.1 Å². The van der Waals surface area contributed by atoms with Crippen molar-refractivity contribution in [1.29, 1.82) is 5.26 Å². The molecule has 0 saturated heterocycles. The van der Waals surface area contributed by atoms with Crippen molar-refractivity contribution < 1.29 is 4.74 Å². The van der Waals surface area contributed by atoms with Crippen LogP contribution in [0, 0.1) is 11.3 Å². The van der Waals surface area contributed by atoms with Crippen LogP contribution in [0.25, 0.3) is 0 Å². The monoisotopic (exact) mass is 189 g/mol. The minimum atomic E-state index is 0.543. The summed E-state index contributed by atoms with van der Waals surface area (Å²) in [5.74, 6) is 1.56. The van der Waals surface area contributed by atoms with Gasteiger partial charge in [0.15, 0.2) is 11.6 Å². The van der Waals surface area contributed by atoms with Gasteiger partial charge in [0.1, 0.15) is 12.7 Å². The molecule has 0 radical (unpaired) electrons. The zero-order chi connectivity index (χ0) is 9.97. The van der Waals surface area contributed by atoms with E-state index in [9.17, 15) is 0 Å². The fourth-order valence-electron chi connectivity index (χ4n) is 1.52. The van der Waals surface area contributed by atoms with Gasteiger partial charge in [0.2, 0.25) is 0 Å². The number of rotatable bonds is 1. The van der Waals surface area contributed by atoms with Crippen LogP contribution in [0.2, 0.25) is 0 Å². The van der Waals surface area contributed by atoms with Crippen LogP contribution in [0.5, 0.6) is 5.75 Å². The van der Waals surface area contributed by atoms with E-state index in [0.29, 0.717) is 12.2 Å². The molecule has 4 nitrogen and oxygen atoms in total. The molecule has 0 saturated carbocycles. The van der Waals surface area contributed by atoms with E-state index in [4.69, 9.17) is 10.00 Å². The summed E-state index contributed by atoms with van der Waals surface area (Å²) in [6.45, 7) is 4.52. The zero-order valence-corrected chi connectivity index (χ0v) is 8.03. The smallest absolute Gasteiger partial charge is 0.171 e. The third-order valence-electron chi connectivity index (χ3n) is 2.26. The third kappa shape index (κ3) is 1.37. The molecule has 0 aliphatic carbocycles. The number of fused-ring (bicyclic) bond motifs is 1. The van der Waals surface area contributed by atoms with Gasteiger partial charge in [-0.15, -0.1) is 0 Å². The van der Waals surface area contributed by atoms with Crippen LogP contribution in [0.1, 0.15) is 12.5 Å². The van der Waals surface area contributed by atoms with Crippen molar-refractivity contribution in [1.82, 2.24) is 4.98 Å². The highest BCUT2D eigenvalue weighted by atomic mass is 16.5. The van der Waals surface area contributed by atoms with Gasteiger partial charge in [-0.05, 0) is 6.92 Å². The minimum absolute atomic E-state index is 0.543. The summed E-state index contributed by atoms with van der Waals surface area (Å²) in [6.07, 6.45) is 1.58. The third-order valence-corrected chi connectivity index (χ3v) is 2.26. The Kier molecular flexibility index (Phi) is 2.23. The molecule has 0 unspecified atom stereocenters. The summed E-state index contributed by atoms with van der Waals surface area (Å²) in [6, 6.07) is 3.79.